The van der Waals surface area contributed by atoms with Crippen LogP contribution in [0, 0.1) is 0 Å². The van der Waals surface area contributed by atoms with Gasteiger partial charge in [-0.15, -0.1) is 0 Å². The Labute approximate surface area is 119 Å². The van der Waals surface area contributed by atoms with E-state index in [9.17, 15) is 9.90 Å². The molecule has 0 fully saturated rings. The Kier molecular flexibility index (Phi) is 2.94. The highest BCUT2D eigenvalue weighted by molar-refractivity contribution is 6.30. The lowest BCUT2D eigenvalue weighted by Crippen LogP contribution is -2.28. The van der Waals surface area contributed by atoms with Gasteiger partial charge in [0.25, 0.3) is 0 Å². The Morgan fingerprint density at radius 1 is 1.40 bits per heavy atom. The van der Waals surface area contributed by atoms with Crippen LogP contribution < -0.4 is 5.32 Å². The van der Waals surface area contributed by atoms with Gasteiger partial charge in [-0.3, -0.25) is 0 Å². The van der Waals surface area contributed by atoms with Crippen molar-refractivity contribution in [3.63, 3.8) is 0 Å². The van der Waals surface area contributed by atoms with Crippen molar-refractivity contribution in [2.24, 2.45) is 0 Å². The Morgan fingerprint density at radius 2 is 2.10 bits per heavy atom. The van der Waals surface area contributed by atoms with Gasteiger partial charge in [0.2, 0.25) is 5.95 Å². The summed E-state index contributed by atoms with van der Waals surface area (Å²) in [5.41, 5.74) is 1.59. The maximum Gasteiger partial charge on any atom is 0.335 e. The minimum atomic E-state index is -0.990. The van der Waals surface area contributed by atoms with E-state index >= 15 is 0 Å². The molecule has 2 aromatic rings. The van der Waals surface area contributed by atoms with Crippen LogP contribution in [-0.4, -0.2) is 25.8 Å². The molecule has 3 rings (SSSR count). The Balaban J connectivity index is 2.19. The third-order valence-electron chi connectivity index (χ3n) is 3.21. The standard InChI is InChI=1S/C13H11ClN4O2/c1-7-10(12(19)20)11(8-2-4-9(14)5-3-8)18-13(17-7)15-6-16-18/h2-6,11H,1H3,(H,19,20)(H,15,16,17)/t11-/m1/s1. The first kappa shape index (κ1) is 12.7. The molecule has 2 N–H and O–H groups in total. The molecule has 0 amide bonds. The Morgan fingerprint density at radius 3 is 2.75 bits per heavy atom. The average molecular weight is 291 g/mol. The van der Waals surface area contributed by atoms with Gasteiger partial charge in [-0.05, 0) is 24.6 Å². The molecule has 0 saturated heterocycles. The molecule has 2 heterocycles. The molecule has 1 aliphatic rings. The summed E-state index contributed by atoms with van der Waals surface area (Å²) in [5, 5.41) is 17.1. The van der Waals surface area contributed by atoms with E-state index in [1.807, 2.05) is 0 Å². The lowest BCUT2D eigenvalue weighted by Gasteiger charge is -2.27. The fourth-order valence-corrected chi connectivity index (χ4v) is 2.45. The van der Waals surface area contributed by atoms with E-state index in [0.717, 1.165) is 5.56 Å². The molecule has 102 valence electrons. The summed E-state index contributed by atoms with van der Waals surface area (Å²) in [6.45, 7) is 1.71. The van der Waals surface area contributed by atoms with E-state index in [4.69, 9.17) is 11.6 Å². The van der Waals surface area contributed by atoms with Crippen LogP contribution in [0.15, 0.2) is 41.9 Å². The zero-order valence-corrected chi connectivity index (χ0v) is 11.3. The molecule has 1 aliphatic heterocycles. The highest BCUT2D eigenvalue weighted by atomic mass is 35.5. The zero-order valence-electron chi connectivity index (χ0n) is 10.5. The minimum absolute atomic E-state index is 0.241. The molecule has 0 radical (unpaired) electrons. The topological polar surface area (TPSA) is 80.0 Å². The number of benzene rings is 1. The maximum atomic E-state index is 11.6. The van der Waals surface area contributed by atoms with Crippen LogP contribution in [-0.2, 0) is 4.79 Å². The zero-order chi connectivity index (χ0) is 14.3. The second-order valence-corrected chi connectivity index (χ2v) is 4.89. The van der Waals surface area contributed by atoms with Gasteiger partial charge in [0, 0.05) is 10.7 Å². The van der Waals surface area contributed by atoms with E-state index in [1.54, 1.807) is 35.9 Å². The Bertz CT molecular complexity index is 705. The number of carbonyl (C=O) groups is 1. The van der Waals surface area contributed by atoms with Gasteiger partial charge in [-0.1, -0.05) is 23.7 Å². The number of aliphatic carboxylic acids is 1. The minimum Gasteiger partial charge on any atom is -0.478 e. The number of hydrogen-bond donors (Lipinski definition) is 2. The number of hydrogen-bond acceptors (Lipinski definition) is 4. The number of carboxylic acids is 1. The smallest absolute Gasteiger partial charge is 0.335 e. The van der Waals surface area contributed by atoms with Gasteiger partial charge in [0.05, 0.1) is 5.57 Å². The van der Waals surface area contributed by atoms with Crippen LogP contribution in [0.25, 0.3) is 0 Å². The molecule has 0 bridgehead atoms. The van der Waals surface area contributed by atoms with Crippen molar-refractivity contribution in [1.29, 1.82) is 0 Å². The van der Waals surface area contributed by atoms with Crippen LogP contribution in [0.5, 0.6) is 0 Å². The third-order valence-corrected chi connectivity index (χ3v) is 3.46. The summed E-state index contributed by atoms with van der Waals surface area (Å²) in [4.78, 5) is 15.6. The van der Waals surface area contributed by atoms with Gasteiger partial charge in [-0.2, -0.15) is 10.1 Å². The van der Waals surface area contributed by atoms with Crippen LogP contribution >= 0.6 is 11.6 Å². The SMILES string of the molecule is CC1=C(C(=O)O)[C@@H](c2ccc(Cl)cc2)n2ncnc2N1. The number of carboxylic acid groups (broad SMARTS) is 1. The highest BCUT2D eigenvalue weighted by Gasteiger charge is 2.33. The predicted octanol–water partition coefficient (Wildman–Crippen LogP) is 2.30. The number of aromatic nitrogens is 3. The molecular weight excluding hydrogens is 280 g/mol. The fraction of sp³-hybridized carbons (Fsp3) is 0.154. The number of nitrogens with one attached hydrogen (secondary N) is 1. The van der Waals surface area contributed by atoms with Crippen molar-refractivity contribution in [3.8, 4) is 0 Å². The maximum absolute atomic E-state index is 11.6. The summed E-state index contributed by atoms with van der Waals surface area (Å²) in [7, 11) is 0. The summed E-state index contributed by atoms with van der Waals surface area (Å²) in [5.74, 6) is -0.469. The summed E-state index contributed by atoms with van der Waals surface area (Å²) >= 11 is 5.88. The van der Waals surface area contributed by atoms with Crippen molar-refractivity contribution < 1.29 is 9.90 Å². The van der Waals surface area contributed by atoms with E-state index in [1.165, 1.54) is 6.33 Å². The van der Waals surface area contributed by atoms with Crippen LogP contribution in [0.2, 0.25) is 5.02 Å². The van der Waals surface area contributed by atoms with Gasteiger partial charge >= 0.3 is 5.97 Å². The van der Waals surface area contributed by atoms with E-state index in [2.05, 4.69) is 15.4 Å². The largest absolute Gasteiger partial charge is 0.478 e. The lowest BCUT2D eigenvalue weighted by atomic mass is 9.96. The molecule has 0 saturated carbocycles. The van der Waals surface area contributed by atoms with Gasteiger partial charge < -0.3 is 10.4 Å². The third kappa shape index (κ3) is 1.94. The average Bonchev–Trinajstić information content (AvgIpc) is 2.85. The molecule has 0 unspecified atom stereocenters. The van der Waals surface area contributed by atoms with Crippen molar-refractivity contribution in [1.82, 2.24) is 14.8 Å². The number of rotatable bonds is 2. The van der Waals surface area contributed by atoms with E-state index in [0.29, 0.717) is 16.7 Å². The predicted molar refractivity (Wildman–Crippen MR) is 73.6 cm³/mol. The molecule has 1 aromatic heterocycles. The van der Waals surface area contributed by atoms with Gasteiger partial charge in [0.15, 0.2) is 0 Å². The molecule has 20 heavy (non-hydrogen) atoms. The van der Waals surface area contributed by atoms with Crippen LogP contribution in [0.3, 0.4) is 0 Å². The van der Waals surface area contributed by atoms with E-state index < -0.39 is 12.0 Å². The van der Waals surface area contributed by atoms with Gasteiger partial charge in [-0.25, -0.2) is 9.48 Å². The van der Waals surface area contributed by atoms with E-state index in [-0.39, 0.29) is 5.57 Å². The van der Waals surface area contributed by atoms with Crippen LogP contribution in [0.4, 0.5) is 5.95 Å². The van der Waals surface area contributed by atoms with Gasteiger partial charge in [0.1, 0.15) is 12.4 Å². The number of anilines is 1. The first-order valence-corrected chi connectivity index (χ1v) is 6.32. The second kappa shape index (κ2) is 4.64. The van der Waals surface area contributed by atoms with Crippen molar-refractivity contribution in [2.45, 2.75) is 13.0 Å². The normalized spacial score (nSPS) is 17.6. The number of allylic oxidation sites excluding steroid dienone is 1. The molecule has 7 heteroatoms. The molecular formula is C13H11ClN4O2. The molecule has 1 aromatic carbocycles. The molecule has 0 spiro atoms. The number of nitrogens with zero attached hydrogens (tertiary/aromatic N) is 3. The Hall–Kier alpha value is -2.34. The molecule has 0 aliphatic carbocycles. The monoisotopic (exact) mass is 290 g/mol. The number of halogens is 1. The number of fused-ring (bicyclic) bond motifs is 1. The van der Waals surface area contributed by atoms with Crippen molar-refractivity contribution in [2.75, 3.05) is 5.32 Å². The lowest BCUT2D eigenvalue weighted by molar-refractivity contribution is -0.133. The molecule has 6 nitrogen and oxygen atoms in total. The highest BCUT2D eigenvalue weighted by Crippen LogP contribution is 2.34. The fourth-order valence-electron chi connectivity index (χ4n) is 2.32. The molecule has 1 atom stereocenters. The second-order valence-electron chi connectivity index (χ2n) is 4.45. The van der Waals surface area contributed by atoms with Crippen LogP contribution in [0.1, 0.15) is 18.5 Å². The first-order valence-electron chi connectivity index (χ1n) is 5.94. The van der Waals surface area contributed by atoms with Crippen molar-refractivity contribution >= 4 is 23.5 Å². The summed E-state index contributed by atoms with van der Waals surface area (Å²) in [6.07, 6.45) is 1.39. The summed E-state index contributed by atoms with van der Waals surface area (Å²) < 4.78 is 1.56. The van der Waals surface area contributed by atoms with Crippen molar-refractivity contribution in [3.05, 3.63) is 52.4 Å². The quantitative estimate of drug-likeness (QED) is 0.887. The first-order chi connectivity index (χ1) is 9.58. The summed E-state index contributed by atoms with van der Waals surface area (Å²) in [6, 6.07) is 6.51.